The van der Waals surface area contributed by atoms with E-state index in [9.17, 15) is 4.79 Å². The first-order valence-corrected chi connectivity index (χ1v) is 5.23. The van der Waals surface area contributed by atoms with Gasteiger partial charge in [-0.25, -0.2) is 5.32 Å². The lowest BCUT2D eigenvalue weighted by Gasteiger charge is -2.08. The van der Waals surface area contributed by atoms with Crippen molar-refractivity contribution in [3.63, 3.8) is 0 Å². The van der Waals surface area contributed by atoms with Crippen molar-refractivity contribution in [1.82, 2.24) is 5.32 Å². The van der Waals surface area contributed by atoms with Crippen LogP contribution in [0, 0.1) is 0 Å². The Labute approximate surface area is 89.4 Å². The first kappa shape index (κ1) is 10.2. The zero-order valence-corrected chi connectivity index (χ0v) is 8.56. The zero-order valence-electron chi connectivity index (χ0n) is 8.56. The molecule has 0 spiro atoms. The summed E-state index contributed by atoms with van der Waals surface area (Å²) in [6, 6.07) is 9.48. The predicted molar refractivity (Wildman–Crippen MR) is 56.3 cm³/mol. The fraction of sp³-hybridized carbons (Fsp3) is 0.417. The summed E-state index contributed by atoms with van der Waals surface area (Å²) in [7, 11) is 0. The second-order valence-electron chi connectivity index (χ2n) is 3.66. The van der Waals surface area contributed by atoms with E-state index in [4.69, 9.17) is 4.74 Å². The van der Waals surface area contributed by atoms with Crippen molar-refractivity contribution in [3.05, 3.63) is 35.9 Å². The SMILES string of the molecule is O=C(OCc1ccccc1)[C@H]1CCC[N]1. The maximum absolute atomic E-state index is 11.5. The van der Waals surface area contributed by atoms with Gasteiger partial charge in [-0.15, -0.1) is 0 Å². The molecule has 1 aliphatic heterocycles. The smallest absolute Gasteiger partial charge is 0.325 e. The lowest BCUT2D eigenvalue weighted by Crippen LogP contribution is -2.27. The number of ether oxygens (including phenoxy) is 1. The molecule has 2 rings (SSSR count). The van der Waals surface area contributed by atoms with E-state index in [1.54, 1.807) is 0 Å². The molecule has 0 aliphatic carbocycles. The molecule has 0 aromatic heterocycles. The molecule has 3 heteroatoms. The number of esters is 1. The van der Waals surface area contributed by atoms with E-state index >= 15 is 0 Å². The Hall–Kier alpha value is -1.35. The largest absolute Gasteiger partial charge is 0.460 e. The summed E-state index contributed by atoms with van der Waals surface area (Å²) in [5.74, 6) is -0.184. The average Bonchev–Trinajstić information content (AvgIpc) is 2.81. The summed E-state index contributed by atoms with van der Waals surface area (Å²) in [6.07, 6.45) is 1.85. The highest BCUT2D eigenvalue weighted by molar-refractivity contribution is 5.76. The molecule has 0 amide bonds. The number of carbonyl (C=O) groups excluding carboxylic acids is 1. The van der Waals surface area contributed by atoms with E-state index in [1.165, 1.54) is 0 Å². The first-order chi connectivity index (χ1) is 7.36. The fourth-order valence-corrected chi connectivity index (χ4v) is 1.64. The van der Waals surface area contributed by atoms with Gasteiger partial charge in [0.1, 0.15) is 12.6 Å². The molecular formula is C12H14NO2. The topological polar surface area (TPSA) is 40.4 Å². The van der Waals surface area contributed by atoms with Crippen LogP contribution in [0.1, 0.15) is 18.4 Å². The molecule has 15 heavy (non-hydrogen) atoms. The monoisotopic (exact) mass is 204 g/mol. The molecule has 1 heterocycles. The van der Waals surface area contributed by atoms with Gasteiger partial charge in [-0.3, -0.25) is 4.79 Å². The van der Waals surface area contributed by atoms with Crippen LogP contribution in [0.2, 0.25) is 0 Å². The minimum absolute atomic E-state index is 0.184. The van der Waals surface area contributed by atoms with Crippen molar-refractivity contribution in [2.75, 3.05) is 6.54 Å². The van der Waals surface area contributed by atoms with Gasteiger partial charge in [0.05, 0.1) is 0 Å². The number of benzene rings is 1. The molecule has 1 aromatic carbocycles. The summed E-state index contributed by atoms with van der Waals surface area (Å²) in [5.41, 5.74) is 1.02. The number of carbonyl (C=O) groups is 1. The molecule has 1 aliphatic rings. The van der Waals surface area contributed by atoms with E-state index < -0.39 is 0 Å². The highest BCUT2D eigenvalue weighted by atomic mass is 16.5. The highest BCUT2D eigenvalue weighted by Crippen LogP contribution is 2.10. The molecule has 0 bridgehead atoms. The lowest BCUT2D eigenvalue weighted by molar-refractivity contribution is -0.147. The van der Waals surface area contributed by atoms with Crippen LogP contribution in [0.15, 0.2) is 30.3 Å². The Balaban J connectivity index is 1.80. The summed E-state index contributed by atoms with van der Waals surface area (Å²) in [5, 5.41) is 4.17. The summed E-state index contributed by atoms with van der Waals surface area (Å²) < 4.78 is 5.18. The van der Waals surface area contributed by atoms with Crippen LogP contribution in [-0.4, -0.2) is 18.6 Å². The van der Waals surface area contributed by atoms with Gasteiger partial charge in [-0.2, -0.15) is 0 Å². The van der Waals surface area contributed by atoms with Crippen LogP contribution in [0.4, 0.5) is 0 Å². The van der Waals surface area contributed by atoms with Gasteiger partial charge in [0.2, 0.25) is 0 Å². The molecule has 1 aromatic rings. The van der Waals surface area contributed by atoms with Gasteiger partial charge in [-0.1, -0.05) is 30.3 Å². The minimum atomic E-state index is -0.214. The van der Waals surface area contributed by atoms with Gasteiger partial charge in [0.15, 0.2) is 0 Å². The summed E-state index contributed by atoms with van der Waals surface area (Å²) >= 11 is 0. The number of hydrogen-bond donors (Lipinski definition) is 0. The normalized spacial score (nSPS) is 20.1. The molecule has 3 nitrogen and oxygen atoms in total. The van der Waals surface area contributed by atoms with E-state index in [0.717, 1.165) is 24.9 Å². The third-order valence-electron chi connectivity index (χ3n) is 2.48. The fourth-order valence-electron chi connectivity index (χ4n) is 1.64. The Morgan fingerprint density at radius 2 is 2.20 bits per heavy atom. The van der Waals surface area contributed by atoms with Crippen molar-refractivity contribution >= 4 is 5.97 Å². The maximum atomic E-state index is 11.5. The number of hydrogen-bond acceptors (Lipinski definition) is 2. The van der Waals surface area contributed by atoms with Gasteiger partial charge in [-0.05, 0) is 18.4 Å². The van der Waals surface area contributed by atoms with Crippen molar-refractivity contribution in [1.29, 1.82) is 0 Å². The predicted octanol–water partition coefficient (Wildman–Crippen LogP) is 1.50. The molecule has 1 saturated heterocycles. The second kappa shape index (κ2) is 4.94. The highest BCUT2D eigenvalue weighted by Gasteiger charge is 2.24. The second-order valence-corrected chi connectivity index (χ2v) is 3.66. The summed E-state index contributed by atoms with van der Waals surface area (Å²) in [6.45, 7) is 1.15. The van der Waals surface area contributed by atoms with Crippen molar-refractivity contribution in [2.45, 2.75) is 25.5 Å². The maximum Gasteiger partial charge on any atom is 0.325 e. The molecular weight excluding hydrogens is 190 g/mol. The van der Waals surface area contributed by atoms with Gasteiger partial charge >= 0.3 is 5.97 Å². The lowest BCUT2D eigenvalue weighted by atomic mass is 10.2. The molecule has 1 atom stereocenters. The van der Waals surface area contributed by atoms with Gasteiger partial charge in [0.25, 0.3) is 0 Å². The first-order valence-electron chi connectivity index (χ1n) is 5.23. The van der Waals surface area contributed by atoms with Gasteiger partial charge < -0.3 is 4.74 Å². The van der Waals surface area contributed by atoms with Crippen LogP contribution in [0.5, 0.6) is 0 Å². The van der Waals surface area contributed by atoms with Crippen LogP contribution >= 0.6 is 0 Å². The number of rotatable bonds is 3. The third-order valence-corrected chi connectivity index (χ3v) is 2.48. The summed E-state index contributed by atoms with van der Waals surface area (Å²) in [4.78, 5) is 11.5. The van der Waals surface area contributed by atoms with E-state index in [1.807, 2.05) is 30.3 Å². The Bertz CT molecular complexity index is 318. The molecule has 1 radical (unpaired) electrons. The molecule has 79 valence electrons. The van der Waals surface area contributed by atoms with Crippen molar-refractivity contribution in [2.24, 2.45) is 0 Å². The Morgan fingerprint density at radius 3 is 2.87 bits per heavy atom. The molecule has 1 fully saturated rings. The number of nitrogens with zero attached hydrogens (tertiary/aromatic N) is 1. The van der Waals surface area contributed by atoms with Crippen LogP contribution in [0.25, 0.3) is 0 Å². The molecule has 0 unspecified atom stereocenters. The van der Waals surface area contributed by atoms with Crippen molar-refractivity contribution < 1.29 is 9.53 Å². The van der Waals surface area contributed by atoms with Gasteiger partial charge in [0, 0.05) is 6.54 Å². The zero-order chi connectivity index (χ0) is 10.5. The average molecular weight is 204 g/mol. The molecule has 0 saturated carbocycles. The Kier molecular flexibility index (Phi) is 3.35. The van der Waals surface area contributed by atoms with E-state index in [0.29, 0.717) is 6.61 Å². The standard InChI is InChI=1S/C12H14NO2/c14-12(11-7-4-8-13-11)15-9-10-5-2-1-3-6-10/h1-3,5-6,11H,4,7-9H2/t11-/m1/s1. The minimum Gasteiger partial charge on any atom is -0.460 e. The van der Waals surface area contributed by atoms with Crippen LogP contribution in [-0.2, 0) is 16.1 Å². The van der Waals surface area contributed by atoms with Crippen molar-refractivity contribution in [3.8, 4) is 0 Å². The quantitative estimate of drug-likeness (QED) is 0.700. The van der Waals surface area contributed by atoms with Crippen LogP contribution < -0.4 is 5.32 Å². The third kappa shape index (κ3) is 2.80. The van der Waals surface area contributed by atoms with E-state index in [-0.39, 0.29) is 12.0 Å². The molecule has 0 N–H and O–H groups in total. The van der Waals surface area contributed by atoms with E-state index in [2.05, 4.69) is 5.32 Å². The Morgan fingerprint density at radius 1 is 1.40 bits per heavy atom. The van der Waals surface area contributed by atoms with Crippen LogP contribution in [0.3, 0.4) is 0 Å².